The summed E-state index contributed by atoms with van der Waals surface area (Å²) < 4.78 is 70.9. The van der Waals surface area contributed by atoms with Crippen molar-refractivity contribution < 1.29 is 31.4 Å². The van der Waals surface area contributed by atoms with E-state index in [-0.39, 0.29) is 24.6 Å². The predicted octanol–water partition coefficient (Wildman–Crippen LogP) is 2.59. The topological polar surface area (TPSA) is 70.1 Å². The van der Waals surface area contributed by atoms with Crippen LogP contribution < -0.4 is 0 Å². The van der Waals surface area contributed by atoms with Gasteiger partial charge in [0, 0.05) is 32.7 Å². The second-order valence-electron chi connectivity index (χ2n) is 7.38. The van der Waals surface area contributed by atoms with Crippen molar-refractivity contribution in [2.45, 2.75) is 23.8 Å². The second kappa shape index (κ2) is 10.1. The number of piperazine rings is 1. The maximum absolute atomic E-state index is 12.9. The molecule has 0 aromatic heterocycles. The van der Waals surface area contributed by atoms with E-state index in [1.54, 1.807) is 0 Å². The van der Waals surface area contributed by atoms with E-state index in [0.29, 0.717) is 32.3 Å². The number of hydrogen-bond acceptors (Lipinski definition) is 5. The van der Waals surface area contributed by atoms with Crippen LogP contribution in [0.1, 0.15) is 11.1 Å². The minimum Gasteiger partial charge on any atom is -0.389 e. The largest absolute Gasteiger partial charge is 0.416 e. The SMILES string of the molecule is O=S(=O)(c1cccc(C(F)(F)F)c1)N1CCN(CC(O)COCc2ccccc2)CC1. The number of alkyl halides is 3. The Bertz CT molecular complexity index is 947. The van der Waals surface area contributed by atoms with E-state index in [2.05, 4.69) is 0 Å². The van der Waals surface area contributed by atoms with E-state index in [1.165, 1.54) is 10.4 Å². The molecule has 0 spiro atoms. The summed E-state index contributed by atoms with van der Waals surface area (Å²) in [6.45, 7) is 1.87. The monoisotopic (exact) mass is 458 g/mol. The molecule has 1 aliphatic rings. The zero-order chi connectivity index (χ0) is 22.5. The average molecular weight is 459 g/mol. The standard InChI is InChI=1S/C21H25F3N2O4S/c22-21(23,24)18-7-4-8-20(13-18)31(28,29)26-11-9-25(10-12-26)14-19(27)16-30-15-17-5-2-1-3-6-17/h1-8,13,19,27H,9-12,14-16H2. The van der Waals surface area contributed by atoms with Crippen molar-refractivity contribution in [3.63, 3.8) is 0 Å². The van der Waals surface area contributed by atoms with Gasteiger partial charge in [0.1, 0.15) is 0 Å². The normalized spacial score (nSPS) is 17.5. The number of hydrogen-bond donors (Lipinski definition) is 1. The van der Waals surface area contributed by atoms with Crippen LogP contribution in [0.15, 0.2) is 59.5 Å². The summed E-state index contributed by atoms with van der Waals surface area (Å²) in [5.74, 6) is 0. The molecule has 1 heterocycles. The Morgan fingerprint density at radius 1 is 1.00 bits per heavy atom. The van der Waals surface area contributed by atoms with Gasteiger partial charge in [0.05, 0.1) is 29.8 Å². The van der Waals surface area contributed by atoms with E-state index in [0.717, 1.165) is 17.7 Å². The third kappa shape index (κ3) is 6.50. The maximum Gasteiger partial charge on any atom is 0.416 e. The van der Waals surface area contributed by atoms with Gasteiger partial charge in [-0.1, -0.05) is 36.4 Å². The maximum atomic E-state index is 12.9. The van der Waals surface area contributed by atoms with Gasteiger partial charge in [-0.15, -0.1) is 0 Å². The lowest BCUT2D eigenvalue weighted by molar-refractivity contribution is -0.137. The highest BCUT2D eigenvalue weighted by Gasteiger charge is 2.34. The van der Waals surface area contributed by atoms with Gasteiger partial charge in [-0.25, -0.2) is 8.42 Å². The molecule has 0 radical (unpaired) electrons. The molecule has 10 heteroatoms. The van der Waals surface area contributed by atoms with Gasteiger partial charge in [-0.3, -0.25) is 4.90 Å². The van der Waals surface area contributed by atoms with Gasteiger partial charge in [0.15, 0.2) is 0 Å². The molecular formula is C21H25F3N2O4S. The zero-order valence-corrected chi connectivity index (χ0v) is 17.6. The Morgan fingerprint density at radius 2 is 1.68 bits per heavy atom. The van der Waals surface area contributed by atoms with Crippen LogP contribution in [0.3, 0.4) is 0 Å². The van der Waals surface area contributed by atoms with Gasteiger partial charge >= 0.3 is 6.18 Å². The fourth-order valence-corrected chi connectivity index (χ4v) is 4.84. The molecule has 1 N–H and O–H groups in total. The molecule has 0 aliphatic carbocycles. The molecule has 2 aromatic carbocycles. The fourth-order valence-electron chi connectivity index (χ4n) is 3.37. The molecular weight excluding hydrogens is 433 g/mol. The van der Waals surface area contributed by atoms with E-state index in [4.69, 9.17) is 4.74 Å². The number of aliphatic hydroxyl groups excluding tert-OH is 1. The first-order chi connectivity index (χ1) is 14.7. The molecule has 0 bridgehead atoms. The number of rotatable bonds is 8. The van der Waals surface area contributed by atoms with Crippen LogP contribution in [-0.2, 0) is 27.5 Å². The fraction of sp³-hybridized carbons (Fsp3) is 0.429. The molecule has 3 rings (SSSR count). The van der Waals surface area contributed by atoms with E-state index in [1.807, 2.05) is 35.2 Å². The van der Waals surface area contributed by atoms with Crippen molar-refractivity contribution in [3.05, 3.63) is 65.7 Å². The van der Waals surface area contributed by atoms with Crippen molar-refractivity contribution in [2.24, 2.45) is 0 Å². The lowest BCUT2D eigenvalue weighted by Crippen LogP contribution is -2.50. The summed E-state index contributed by atoms with van der Waals surface area (Å²) in [6.07, 6.45) is -5.33. The molecule has 1 saturated heterocycles. The Labute approximate surface area is 179 Å². The van der Waals surface area contributed by atoms with Crippen LogP contribution in [-0.4, -0.2) is 68.2 Å². The first-order valence-corrected chi connectivity index (χ1v) is 11.3. The molecule has 6 nitrogen and oxygen atoms in total. The number of halogens is 3. The zero-order valence-electron chi connectivity index (χ0n) is 16.8. The van der Waals surface area contributed by atoms with Gasteiger partial charge in [0.25, 0.3) is 0 Å². The highest BCUT2D eigenvalue weighted by Crippen LogP contribution is 2.31. The van der Waals surface area contributed by atoms with Gasteiger partial charge < -0.3 is 9.84 Å². The number of ether oxygens (including phenoxy) is 1. The highest BCUT2D eigenvalue weighted by molar-refractivity contribution is 7.89. The summed E-state index contributed by atoms with van der Waals surface area (Å²) in [7, 11) is -4.02. The van der Waals surface area contributed by atoms with Gasteiger partial charge in [-0.05, 0) is 23.8 Å². The van der Waals surface area contributed by atoms with Gasteiger partial charge in [0.2, 0.25) is 10.0 Å². The van der Waals surface area contributed by atoms with Crippen LogP contribution in [0.4, 0.5) is 13.2 Å². The lowest BCUT2D eigenvalue weighted by Gasteiger charge is -2.34. The van der Waals surface area contributed by atoms with E-state index in [9.17, 15) is 26.7 Å². The summed E-state index contributed by atoms with van der Waals surface area (Å²) in [4.78, 5) is 1.54. The molecule has 1 atom stereocenters. The minimum absolute atomic E-state index is 0.135. The summed E-state index contributed by atoms with van der Waals surface area (Å²) >= 11 is 0. The Kier molecular flexibility index (Phi) is 7.71. The minimum atomic E-state index is -4.61. The van der Waals surface area contributed by atoms with Crippen molar-refractivity contribution >= 4 is 10.0 Å². The van der Waals surface area contributed by atoms with Crippen LogP contribution in [0.2, 0.25) is 0 Å². The summed E-state index contributed by atoms with van der Waals surface area (Å²) in [5, 5.41) is 10.2. The number of aliphatic hydroxyl groups is 1. The van der Waals surface area contributed by atoms with Gasteiger partial charge in [-0.2, -0.15) is 17.5 Å². The molecule has 31 heavy (non-hydrogen) atoms. The Morgan fingerprint density at radius 3 is 2.32 bits per heavy atom. The Balaban J connectivity index is 1.48. The van der Waals surface area contributed by atoms with Crippen LogP contribution in [0.5, 0.6) is 0 Å². The summed E-state index contributed by atoms with van der Waals surface area (Å²) in [5.41, 5.74) is 0.00829. The quantitative estimate of drug-likeness (QED) is 0.659. The first kappa shape index (κ1) is 23.7. The molecule has 2 aromatic rings. The van der Waals surface area contributed by atoms with Crippen molar-refractivity contribution in [3.8, 4) is 0 Å². The van der Waals surface area contributed by atoms with Crippen LogP contribution in [0, 0.1) is 0 Å². The number of nitrogens with zero attached hydrogens (tertiary/aromatic N) is 2. The number of sulfonamides is 1. The van der Waals surface area contributed by atoms with E-state index >= 15 is 0 Å². The highest BCUT2D eigenvalue weighted by atomic mass is 32.2. The van der Waals surface area contributed by atoms with Crippen LogP contribution in [0.25, 0.3) is 0 Å². The Hall–Kier alpha value is -1.98. The molecule has 0 amide bonds. The lowest BCUT2D eigenvalue weighted by atomic mass is 10.2. The smallest absolute Gasteiger partial charge is 0.389 e. The molecule has 1 unspecified atom stereocenters. The molecule has 170 valence electrons. The first-order valence-electron chi connectivity index (χ1n) is 9.86. The molecule has 0 saturated carbocycles. The predicted molar refractivity (Wildman–Crippen MR) is 109 cm³/mol. The second-order valence-corrected chi connectivity index (χ2v) is 9.32. The third-order valence-electron chi connectivity index (χ3n) is 5.02. The third-order valence-corrected chi connectivity index (χ3v) is 6.92. The molecule has 1 fully saturated rings. The summed E-state index contributed by atoms with van der Waals surface area (Å²) in [6, 6.07) is 13.3. The van der Waals surface area contributed by atoms with Crippen molar-refractivity contribution in [1.82, 2.24) is 9.21 Å². The number of β-amino-alcohol motifs (C(OH)–C–C–N with tert-alkyl or cyclic N) is 1. The van der Waals surface area contributed by atoms with Crippen molar-refractivity contribution in [1.29, 1.82) is 0 Å². The van der Waals surface area contributed by atoms with Crippen LogP contribution >= 0.6 is 0 Å². The van der Waals surface area contributed by atoms with E-state index < -0.39 is 27.9 Å². The van der Waals surface area contributed by atoms with Crippen molar-refractivity contribution in [2.75, 3.05) is 39.3 Å². The molecule has 1 aliphatic heterocycles. The average Bonchev–Trinajstić information content (AvgIpc) is 2.74. The number of benzene rings is 2.